The Bertz CT molecular complexity index is 531. The van der Waals surface area contributed by atoms with Crippen LogP contribution in [0, 0.1) is 0 Å². The molecule has 0 radical (unpaired) electrons. The molecule has 2 rings (SSSR count). The van der Waals surface area contributed by atoms with Gasteiger partial charge in [-0.2, -0.15) is 0 Å². The molecule has 1 amide bonds. The van der Waals surface area contributed by atoms with Crippen LogP contribution < -0.4 is 11.3 Å². The van der Waals surface area contributed by atoms with Gasteiger partial charge in [-0.3, -0.25) is 10.2 Å². The smallest absolute Gasteiger partial charge is 0.243 e. The largest absolute Gasteiger partial charge is 0.443 e. The first-order valence-corrected chi connectivity index (χ1v) is 4.90. The van der Waals surface area contributed by atoms with Crippen LogP contribution in [0.1, 0.15) is 19.4 Å². The van der Waals surface area contributed by atoms with Crippen molar-refractivity contribution >= 4 is 17.0 Å². The standard InChI is InChI=1S/C11H13N3O2/c1-11(2,10(15)14-12)7-3-4-8-9(5-7)16-6-13-8/h3-6H,12H2,1-2H3,(H,14,15). The molecule has 0 aliphatic carbocycles. The summed E-state index contributed by atoms with van der Waals surface area (Å²) in [6.07, 6.45) is 1.38. The Hall–Kier alpha value is -1.88. The van der Waals surface area contributed by atoms with E-state index in [2.05, 4.69) is 10.4 Å². The number of aromatic nitrogens is 1. The van der Waals surface area contributed by atoms with Crippen LogP contribution in [-0.4, -0.2) is 10.9 Å². The second kappa shape index (κ2) is 3.61. The zero-order chi connectivity index (χ0) is 11.8. The third-order valence-corrected chi connectivity index (χ3v) is 2.75. The van der Waals surface area contributed by atoms with Crippen molar-refractivity contribution in [2.75, 3.05) is 0 Å². The molecule has 0 aliphatic rings. The highest BCUT2D eigenvalue weighted by molar-refractivity contribution is 5.88. The molecule has 2 aromatic rings. The summed E-state index contributed by atoms with van der Waals surface area (Å²) in [5.41, 5.74) is 3.73. The molecule has 1 heterocycles. The van der Waals surface area contributed by atoms with Gasteiger partial charge in [-0.25, -0.2) is 10.8 Å². The van der Waals surface area contributed by atoms with E-state index < -0.39 is 5.41 Å². The molecule has 0 bridgehead atoms. The molecule has 5 heteroatoms. The van der Waals surface area contributed by atoms with Crippen molar-refractivity contribution in [1.82, 2.24) is 10.4 Å². The number of hydrogen-bond donors (Lipinski definition) is 2. The molecule has 0 saturated carbocycles. The molecule has 0 atom stereocenters. The summed E-state index contributed by atoms with van der Waals surface area (Å²) >= 11 is 0. The lowest BCUT2D eigenvalue weighted by Gasteiger charge is -2.22. The summed E-state index contributed by atoms with van der Waals surface area (Å²) < 4.78 is 5.19. The fourth-order valence-electron chi connectivity index (χ4n) is 1.56. The molecule has 3 N–H and O–H groups in total. The predicted molar refractivity (Wildman–Crippen MR) is 59.4 cm³/mol. The number of carbonyl (C=O) groups is 1. The van der Waals surface area contributed by atoms with E-state index >= 15 is 0 Å². The van der Waals surface area contributed by atoms with E-state index in [-0.39, 0.29) is 5.91 Å². The molecule has 0 fully saturated rings. The normalized spacial score (nSPS) is 11.7. The van der Waals surface area contributed by atoms with Gasteiger partial charge in [-0.05, 0) is 31.5 Å². The van der Waals surface area contributed by atoms with Gasteiger partial charge in [0.25, 0.3) is 0 Å². The van der Waals surface area contributed by atoms with Crippen molar-refractivity contribution in [1.29, 1.82) is 0 Å². The van der Waals surface area contributed by atoms with Gasteiger partial charge in [0.05, 0.1) is 5.41 Å². The van der Waals surface area contributed by atoms with Gasteiger partial charge < -0.3 is 4.42 Å². The average Bonchev–Trinajstić information content (AvgIpc) is 2.74. The first-order valence-electron chi connectivity index (χ1n) is 4.90. The number of oxazole rings is 1. The number of carbonyl (C=O) groups excluding carboxylic acids is 1. The van der Waals surface area contributed by atoms with Gasteiger partial charge in [0.2, 0.25) is 5.91 Å². The third kappa shape index (κ3) is 1.55. The fourth-order valence-corrected chi connectivity index (χ4v) is 1.56. The molecule has 0 spiro atoms. The quantitative estimate of drug-likeness (QED) is 0.450. The van der Waals surface area contributed by atoms with Crippen LogP contribution >= 0.6 is 0 Å². The minimum absolute atomic E-state index is 0.244. The fraction of sp³-hybridized carbons (Fsp3) is 0.273. The molecule has 16 heavy (non-hydrogen) atoms. The number of benzene rings is 1. The van der Waals surface area contributed by atoms with E-state index in [9.17, 15) is 4.79 Å². The Morgan fingerprint density at radius 1 is 1.50 bits per heavy atom. The van der Waals surface area contributed by atoms with Gasteiger partial charge in [0, 0.05) is 0 Å². The van der Waals surface area contributed by atoms with Crippen LogP contribution in [0.5, 0.6) is 0 Å². The summed E-state index contributed by atoms with van der Waals surface area (Å²) in [4.78, 5) is 15.6. The number of nitrogens with zero attached hydrogens (tertiary/aromatic N) is 1. The molecular formula is C11H13N3O2. The SMILES string of the molecule is CC(C)(C(=O)NN)c1ccc2ncoc2c1. The minimum atomic E-state index is -0.699. The highest BCUT2D eigenvalue weighted by Crippen LogP contribution is 2.26. The lowest BCUT2D eigenvalue weighted by Crippen LogP contribution is -2.43. The van der Waals surface area contributed by atoms with Crippen molar-refractivity contribution in [2.24, 2.45) is 5.84 Å². The number of nitrogens with one attached hydrogen (secondary N) is 1. The van der Waals surface area contributed by atoms with Crippen LogP contribution in [0.15, 0.2) is 29.0 Å². The summed E-state index contributed by atoms with van der Waals surface area (Å²) in [6, 6.07) is 5.47. The van der Waals surface area contributed by atoms with Gasteiger partial charge in [-0.15, -0.1) is 0 Å². The average molecular weight is 219 g/mol. The van der Waals surface area contributed by atoms with Crippen molar-refractivity contribution in [2.45, 2.75) is 19.3 Å². The zero-order valence-corrected chi connectivity index (χ0v) is 9.15. The van der Waals surface area contributed by atoms with Crippen molar-refractivity contribution in [3.8, 4) is 0 Å². The van der Waals surface area contributed by atoms with Gasteiger partial charge in [0.1, 0.15) is 5.52 Å². The van der Waals surface area contributed by atoms with Crippen LogP contribution in [-0.2, 0) is 10.2 Å². The third-order valence-electron chi connectivity index (χ3n) is 2.75. The number of fused-ring (bicyclic) bond motifs is 1. The topological polar surface area (TPSA) is 81.2 Å². The van der Waals surface area contributed by atoms with E-state index in [4.69, 9.17) is 10.3 Å². The second-order valence-electron chi connectivity index (χ2n) is 4.13. The zero-order valence-electron chi connectivity index (χ0n) is 9.15. The number of rotatable bonds is 2. The molecule has 5 nitrogen and oxygen atoms in total. The Kier molecular flexibility index (Phi) is 2.40. The van der Waals surface area contributed by atoms with Crippen molar-refractivity contribution < 1.29 is 9.21 Å². The van der Waals surface area contributed by atoms with Crippen LogP contribution in [0.4, 0.5) is 0 Å². The molecular weight excluding hydrogens is 206 g/mol. The van der Waals surface area contributed by atoms with E-state index in [0.717, 1.165) is 11.1 Å². The number of amides is 1. The number of hydrazine groups is 1. The van der Waals surface area contributed by atoms with E-state index in [1.54, 1.807) is 19.9 Å². The lowest BCUT2D eigenvalue weighted by molar-refractivity contribution is -0.125. The Balaban J connectivity index is 2.50. The molecule has 1 aromatic carbocycles. The van der Waals surface area contributed by atoms with Crippen LogP contribution in [0.25, 0.3) is 11.1 Å². The highest BCUT2D eigenvalue weighted by Gasteiger charge is 2.29. The molecule has 84 valence electrons. The lowest BCUT2D eigenvalue weighted by atomic mass is 9.84. The molecule has 0 saturated heterocycles. The van der Waals surface area contributed by atoms with E-state index in [1.807, 2.05) is 12.1 Å². The van der Waals surface area contributed by atoms with Crippen molar-refractivity contribution in [3.05, 3.63) is 30.2 Å². The second-order valence-corrected chi connectivity index (χ2v) is 4.13. The van der Waals surface area contributed by atoms with E-state index in [0.29, 0.717) is 5.58 Å². The maximum Gasteiger partial charge on any atom is 0.243 e. The first kappa shape index (κ1) is 10.6. The Morgan fingerprint density at radius 2 is 2.25 bits per heavy atom. The molecule has 0 aliphatic heterocycles. The molecule has 0 unspecified atom stereocenters. The summed E-state index contributed by atoms with van der Waals surface area (Å²) in [5.74, 6) is 4.91. The Morgan fingerprint density at radius 3 is 2.94 bits per heavy atom. The van der Waals surface area contributed by atoms with Gasteiger partial charge in [-0.1, -0.05) is 6.07 Å². The summed E-state index contributed by atoms with van der Waals surface area (Å²) in [6.45, 7) is 3.60. The summed E-state index contributed by atoms with van der Waals surface area (Å²) in [5, 5.41) is 0. The van der Waals surface area contributed by atoms with Crippen LogP contribution in [0.2, 0.25) is 0 Å². The minimum Gasteiger partial charge on any atom is -0.443 e. The monoisotopic (exact) mass is 219 g/mol. The van der Waals surface area contributed by atoms with Gasteiger partial charge in [0.15, 0.2) is 12.0 Å². The number of nitrogens with two attached hydrogens (primary N) is 1. The molecule has 1 aromatic heterocycles. The van der Waals surface area contributed by atoms with E-state index in [1.165, 1.54) is 6.39 Å². The number of hydrogen-bond acceptors (Lipinski definition) is 4. The maximum absolute atomic E-state index is 11.6. The van der Waals surface area contributed by atoms with Gasteiger partial charge >= 0.3 is 0 Å². The highest BCUT2D eigenvalue weighted by atomic mass is 16.3. The predicted octanol–water partition coefficient (Wildman–Crippen LogP) is 1.10. The van der Waals surface area contributed by atoms with Crippen LogP contribution in [0.3, 0.4) is 0 Å². The maximum atomic E-state index is 11.6. The Labute approximate surface area is 92.6 Å². The summed E-state index contributed by atoms with van der Waals surface area (Å²) in [7, 11) is 0. The first-order chi connectivity index (χ1) is 7.55. The van der Waals surface area contributed by atoms with Crippen molar-refractivity contribution in [3.63, 3.8) is 0 Å².